The van der Waals surface area contributed by atoms with Crippen molar-refractivity contribution in [3.8, 4) is 22.8 Å². The van der Waals surface area contributed by atoms with E-state index in [-0.39, 0.29) is 22.7 Å². The number of hydrogen-bond donors (Lipinski definition) is 1. The van der Waals surface area contributed by atoms with Crippen molar-refractivity contribution >= 4 is 28.1 Å². The maximum Gasteiger partial charge on any atom is 0.286 e. The minimum Gasteiger partial charge on any atom is -0.493 e. The first kappa shape index (κ1) is 22.2. The molecule has 0 spiro atoms. The predicted octanol–water partition coefficient (Wildman–Crippen LogP) is 5.50. The van der Waals surface area contributed by atoms with Crippen LogP contribution in [0.4, 0.5) is 10.8 Å². The van der Waals surface area contributed by atoms with Crippen LogP contribution in [-0.4, -0.2) is 29.5 Å². The molecule has 0 bridgehead atoms. The van der Waals surface area contributed by atoms with Gasteiger partial charge in [0.2, 0.25) is 0 Å². The van der Waals surface area contributed by atoms with Crippen LogP contribution in [0.25, 0.3) is 11.3 Å². The van der Waals surface area contributed by atoms with Crippen molar-refractivity contribution in [1.29, 1.82) is 0 Å². The molecule has 1 heterocycles. The first-order valence-electron chi connectivity index (χ1n) is 9.70. The predicted molar refractivity (Wildman–Crippen MR) is 120 cm³/mol. The molecule has 0 fully saturated rings. The number of hydrogen-bond acceptors (Lipinski definition) is 7. The molecule has 0 radical (unpaired) electrons. The smallest absolute Gasteiger partial charge is 0.286 e. The van der Waals surface area contributed by atoms with E-state index in [2.05, 4.69) is 24.1 Å². The van der Waals surface area contributed by atoms with E-state index in [9.17, 15) is 14.9 Å². The van der Waals surface area contributed by atoms with Gasteiger partial charge in [-0.05, 0) is 18.4 Å². The summed E-state index contributed by atoms with van der Waals surface area (Å²) in [6.45, 7) is 6.34. The molecule has 0 atom stereocenters. The van der Waals surface area contributed by atoms with Crippen LogP contribution in [0.15, 0.2) is 41.8 Å². The number of anilines is 1. The number of nitrogens with one attached hydrogen (secondary N) is 1. The van der Waals surface area contributed by atoms with Gasteiger partial charge in [-0.25, -0.2) is 4.98 Å². The van der Waals surface area contributed by atoms with E-state index < -0.39 is 10.8 Å². The number of carbonyl (C=O) groups excluding carboxylic acids is 1. The largest absolute Gasteiger partial charge is 0.493 e. The van der Waals surface area contributed by atoms with E-state index in [1.165, 1.54) is 36.1 Å². The average Bonchev–Trinajstić information content (AvgIpc) is 3.22. The SMILES string of the molecule is CCOc1cc(C(=O)Nc2nc(-c3ccc(C(C)C)cc3)cs2)c([N+](=O)[O-])cc1OC. The maximum absolute atomic E-state index is 12.8. The molecule has 1 aromatic heterocycles. The Balaban J connectivity index is 1.86. The number of rotatable bonds is 8. The lowest BCUT2D eigenvalue weighted by atomic mass is 10.0. The number of aromatic nitrogens is 1. The molecule has 0 unspecified atom stereocenters. The van der Waals surface area contributed by atoms with Gasteiger partial charge in [-0.1, -0.05) is 38.1 Å². The highest BCUT2D eigenvalue weighted by Crippen LogP contribution is 2.35. The highest BCUT2D eigenvalue weighted by atomic mass is 32.1. The number of ether oxygens (including phenoxy) is 2. The van der Waals surface area contributed by atoms with Gasteiger partial charge < -0.3 is 9.47 Å². The Morgan fingerprint density at radius 3 is 2.52 bits per heavy atom. The van der Waals surface area contributed by atoms with Gasteiger partial charge in [0, 0.05) is 17.0 Å². The zero-order valence-corrected chi connectivity index (χ0v) is 18.5. The third-order valence-electron chi connectivity index (χ3n) is 4.62. The van der Waals surface area contributed by atoms with Gasteiger partial charge in [0.1, 0.15) is 5.56 Å². The zero-order valence-electron chi connectivity index (χ0n) is 17.7. The Kier molecular flexibility index (Phi) is 6.86. The number of amides is 1. The molecule has 3 rings (SSSR count). The lowest BCUT2D eigenvalue weighted by Crippen LogP contribution is -2.14. The van der Waals surface area contributed by atoms with Crippen LogP contribution in [0.1, 0.15) is 42.6 Å². The van der Waals surface area contributed by atoms with Gasteiger partial charge in [-0.2, -0.15) is 0 Å². The van der Waals surface area contributed by atoms with Crippen molar-refractivity contribution in [3.63, 3.8) is 0 Å². The summed E-state index contributed by atoms with van der Waals surface area (Å²) in [4.78, 5) is 28.1. The minimum atomic E-state index is -0.647. The molecule has 0 saturated carbocycles. The third-order valence-corrected chi connectivity index (χ3v) is 5.38. The number of nitro benzene ring substituents is 1. The second kappa shape index (κ2) is 9.57. The molecule has 31 heavy (non-hydrogen) atoms. The van der Waals surface area contributed by atoms with E-state index in [4.69, 9.17) is 9.47 Å². The number of nitrogens with zero attached hydrogens (tertiary/aromatic N) is 2. The summed E-state index contributed by atoms with van der Waals surface area (Å²) in [6, 6.07) is 10.6. The summed E-state index contributed by atoms with van der Waals surface area (Å²) in [5, 5.41) is 16.3. The van der Waals surface area contributed by atoms with Crippen molar-refractivity contribution in [2.45, 2.75) is 26.7 Å². The maximum atomic E-state index is 12.8. The number of nitro groups is 1. The number of thiazole rings is 1. The summed E-state index contributed by atoms with van der Waals surface area (Å²) >= 11 is 1.25. The Bertz CT molecular complexity index is 1090. The summed E-state index contributed by atoms with van der Waals surface area (Å²) in [5.41, 5.74) is 2.36. The second-order valence-corrected chi connectivity index (χ2v) is 7.84. The average molecular weight is 442 g/mol. The zero-order chi connectivity index (χ0) is 22.5. The molecular formula is C22H23N3O5S. The number of carbonyl (C=O) groups is 1. The van der Waals surface area contributed by atoms with Crippen LogP contribution in [0.3, 0.4) is 0 Å². The normalized spacial score (nSPS) is 10.7. The van der Waals surface area contributed by atoms with E-state index in [0.29, 0.717) is 17.7 Å². The first-order valence-corrected chi connectivity index (χ1v) is 10.6. The highest BCUT2D eigenvalue weighted by molar-refractivity contribution is 7.14. The lowest BCUT2D eigenvalue weighted by Gasteiger charge is -2.11. The van der Waals surface area contributed by atoms with E-state index in [0.717, 1.165) is 11.3 Å². The molecule has 3 aromatic rings. The fraction of sp³-hybridized carbons (Fsp3) is 0.273. The van der Waals surface area contributed by atoms with Crippen LogP contribution in [0.5, 0.6) is 11.5 Å². The van der Waals surface area contributed by atoms with Gasteiger partial charge in [0.15, 0.2) is 16.6 Å². The lowest BCUT2D eigenvalue weighted by molar-refractivity contribution is -0.385. The van der Waals surface area contributed by atoms with Crippen LogP contribution < -0.4 is 14.8 Å². The van der Waals surface area contributed by atoms with Gasteiger partial charge in [0.25, 0.3) is 11.6 Å². The number of methoxy groups -OCH3 is 1. The third kappa shape index (κ3) is 5.00. The monoisotopic (exact) mass is 441 g/mol. The summed E-state index contributed by atoms with van der Waals surface area (Å²) in [5.74, 6) is 0.227. The highest BCUT2D eigenvalue weighted by Gasteiger charge is 2.25. The van der Waals surface area contributed by atoms with Gasteiger partial charge in [0.05, 0.1) is 30.4 Å². The molecule has 1 N–H and O–H groups in total. The molecule has 0 aliphatic carbocycles. The van der Waals surface area contributed by atoms with Crippen LogP contribution in [-0.2, 0) is 0 Å². The van der Waals surface area contributed by atoms with E-state index >= 15 is 0 Å². The van der Waals surface area contributed by atoms with Crippen LogP contribution in [0, 0.1) is 10.1 Å². The van der Waals surface area contributed by atoms with Crippen molar-refractivity contribution in [1.82, 2.24) is 4.98 Å². The molecule has 0 aliphatic heterocycles. The summed E-state index contributed by atoms with van der Waals surface area (Å²) in [6.07, 6.45) is 0. The Labute approximate surface area is 184 Å². The van der Waals surface area contributed by atoms with Crippen molar-refractivity contribution in [3.05, 3.63) is 63.0 Å². The molecular weight excluding hydrogens is 418 g/mol. The van der Waals surface area contributed by atoms with Crippen LogP contribution >= 0.6 is 11.3 Å². The second-order valence-electron chi connectivity index (χ2n) is 6.98. The molecule has 9 heteroatoms. The van der Waals surface area contributed by atoms with Crippen molar-refractivity contribution < 1.29 is 19.2 Å². The van der Waals surface area contributed by atoms with Gasteiger partial charge in [-0.15, -0.1) is 11.3 Å². The quantitative estimate of drug-likeness (QED) is 0.366. The number of benzene rings is 2. The molecule has 8 nitrogen and oxygen atoms in total. The topological polar surface area (TPSA) is 104 Å². The van der Waals surface area contributed by atoms with Gasteiger partial charge >= 0.3 is 0 Å². The van der Waals surface area contributed by atoms with E-state index in [1.54, 1.807) is 6.92 Å². The molecule has 2 aromatic carbocycles. The molecule has 162 valence electrons. The Morgan fingerprint density at radius 1 is 1.23 bits per heavy atom. The summed E-state index contributed by atoms with van der Waals surface area (Å²) < 4.78 is 10.6. The van der Waals surface area contributed by atoms with Crippen molar-refractivity contribution in [2.75, 3.05) is 19.0 Å². The van der Waals surface area contributed by atoms with Crippen LogP contribution in [0.2, 0.25) is 0 Å². The molecule has 1 amide bonds. The molecule has 0 aliphatic rings. The standard InChI is InChI=1S/C22H23N3O5S/c1-5-30-20-10-16(18(25(27)28)11-19(20)29-4)21(26)24-22-23-17(12-31-22)15-8-6-14(7-9-15)13(2)3/h6-13H,5H2,1-4H3,(H,23,24,26). The Morgan fingerprint density at radius 2 is 1.94 bits per heavy atom. The van der Waals surface area contributed by atoms with E-state index in [1.807, 2.05) is 29.6 Å². The fourth-order valence-corrected chi connectivity index (χ4v) is 3.69. The fourth-order valence-electron chi connectivity index (χ4n) is 2.98. The molecule has 0 saturated heterocycles. The van der Waals surface area contributed by atoms with Crippen molar-refractivity contribution in [2.24, 2.45) is 0 Å². The van der Waals surface area contributed by atoms with Gasteiger partial charge in [-0.3, -0.25) is 20.2 Å². The Hall–Kier alpha value is -3.46. The minimum absolute atomic E-state index is 0.132. The summed E-state index contributed by atoms with van der Waals surface area (Å²) in [7, 11) is 1.38. The first-order chi connectivity index (χ1) is 14.8.